The molecule has 156 valence electrons. The Hall–Kier alpha value is -1.63. The number of nitrogens with two attached hydrogens (primary N) is 1. The fourth-order valence-electron chi connectivity index (χ4n) is 4.03. The second-order valence-electron chi connectivity index (χ2n) is 8.11. The molecule has 2 aliphatic heterocycles. The van der Waals surface area contributed by atoms with Crippen molar-refractivity contribution in [2.75, 3.05) is 59.0 Å². The van der Waals surface area contributed by atoms with E-state index in [1.54, 1.807) is 0 Å². The summed E-state index contributed by atoms with van der Waals surface area (Å²) >= 11 is 0. The number of likely N-dealkylation sites (tertiary alicyclic amines) is 1. The molecule has 0 aliphatic carbocycles. The molecule has 0 saturated carbocycles. The molecule has 0 spiro atoms. The van der Waals surface area contributed by atoms with E-state index in [0.717, 1.165) is 64.8 Å². The molecule has 2 fully saturated rings. The number of hydrogen-bond acceptors (Lipinski definition) is 4. The first-order valence-corrected chi connectivity index (χ1v) is 10.9. The summed E-state index contributed by atoms with van der Waals surface area (Å²) in [5.74, 6) is 1.39. The maximum Gasteiger partial charge on any atom is 0.188 e. The van der Waals surface area contributed by atoms with E-state index >= 15 is 0 Å². The Morgan fingerprint density at radius 3 is 2.61 bits per heavy atom. The van der Waals surface area contributed by atoms with E-state index in [2.05, 4.69) is 57.4 Å². The van der Waals surface area contributed by atoms with Crippen LogP contribution in [0.3, 0.4) is 0 Å². The molecule has 0 radical (unpaired) electrons. The first-order chi connectivity index (χ1) is 13.7. The summed E-state index contributed by atoms with van der Waals surface area (Å²) in [6, 6.07) is 11.0. The molecule has 6 heteroatoms. The van der Waals surface area contributed by atoms with Crippen molar-refractivity contribution >= 4 is 5.96 Å². The molecule has 1 unspecified atom stereocenters. The first-order valence-electron chi connectivity index (χ1n) is 10.9. The molecule has 2 aliphatic rings. The third-order valence-electron chi connectivity index (χ3n) is 5.94. The van der Waals surface area contributed by atoms with Crippen molar-refractivity contribution in [3.05, 3.63) is 35.9 Å². The smallest absolute Gasteiger partial charge is 0.188 e. The minimum Gasteiger partial charge on any atom is -0.379 e. The summed E-state index contributed by atoms with van der Waals surface area (Å²) in [5.41, 5.74) is 7.49. The number of benzene rings is 1. The van der Waals surface area contributed by atoms with Gasteiger partial charge in [-0.15, -0.1) is 0 Å². The predicted molar refractivity (Wildman–Crippen MR) is 116 cm³/mol. The molecule has 0 amide bonds. The summed E-state index contributed by atoms with van der Waals surface area (Å²) in [6.45, 7) is 11.1. The van der Waals surface area contributed by atoms with Gasteiger partial charge in [0, 0.05) is 19.6 Å². The number of rotatable bonds is 8. The molecule has 0 bridgehead atoms. The van der Waals surface area contributed by atoms with Crippen LogP contribution < -0.4 is 11.1 Å². The van der Waals surface area contributed by atoms with Crippen LogP contribution in [-0.2, 0) is 4.74 Å². The van der Waals surface area contributed by atoms with Gasteiger partial charge in [0.2, 0.25) is 0 Å². The lowest BCUT2D eigenvalue weighted by atomic mass is 9.96. The van der Waals surface area contributed by atoms with E-state index < -0.39 is 0 Å². The lowest BCUT2D eigenvalue weighted by molar-refractivity contribution is 0.0376. The number of piperidine rings is 1. The molecule has 28 heavy (non-hydrogen) atoms. The summed E-state index contributed by atoms with van der Waals surface area (Å²) in [6.07, 6.45) is 3.60. The van der Waals surface area contributed by atoms with Gasteiger partial charge < -0.3 is 15.8 Å². The Morgan fingerprint density at radius 1 is 1.18 bits per heavy atom. The van der Waals surface area contributed by atoms with E-state index in [1.807, 2.05) is 0 Å². The van der Waals surface area contributed by atoms with Gasteiger partial charge in [0.1, 0.15) is 0 Å². The number of nitrogens with one attached hydrogen (secondary N) is 1. The summed E-state index contributed by atoms with van der Waals surface area (Å²) in [7, 11) is 0. The number of guanidine groups is 1. The fraction of sp³-hybridized carbons (Fsp3) is 0.682. The fourth-order valence-corrected chi connectivity index (χ4v) is 4.03. The van der Waals surface area contributed by atoms with E-state index in [1.165, 1.54) is 18.4 Å². The normalized spacial score (nSPS) is 21.5. The van der Waals surface area contributed by atoms with Gasteiger partial charge in [0.15, 0.2) is 5.96 Å². The minimum absolute atomic E-state index is 0.308. The van der Waals surface area contributed by atoms with Gasteiger partial charge in [-0.25, -0.2) is 0 Å². The van der Waals surface area contributed by atoms with E-state index in [9.17, 15) is 0 Å². The third kappa shape index (κ3) is 6.76. The second kappa shape index (κ2) is 11.4. The molecule has 2 saturated heterocycles. The topological polar surface area (TPSA) is 66.1 Å². The average Bonchev–Trinajstić information content (AvgIpc) is 2.74. The monoisotopic (exact) mass is 387 g/mol. The van der Waals surface area contributed by atoms with Crippen molar-refractivity contribution in [1.29, 1.82) is 0 Å². The van der Waals surface area contributed by atoms with Crippen molar-refractivity contribution in [3.8, 4) is 0 Å². The van der Waals surface area contributed by atoms with E-state index in [-0.39, 0.29) is 0 Å². The second-order valence-corrected chi connectivity index (χ2v) is 8.11. The molecule has 1 atom stereocenters. The highest BCUT2D eigenvalue weighted by Gasteiger charge is 2.24. The van der Waals surface area contributed by atoms with Crippen molar-refractivity contribution < 1.29 is 4.74 Å². The van der Waals surface area contributed by atoms with Crippen LogP contribution in [0.2, 0.25) is 0 Å². The Kier molecular flexibility index (Phi) is 8.58. The van der Waals surface area contributed by atoms with Crippen molar-refractivity contribution in [3.63, 3.8) is 0 Å². The number of ether oxygens (including phenoxy) is 1. The van der Waals surface area contributed by atoms with Crippen molar-refractivity contribution in [2.45, 2.75) is 32.2 Å². The van der Waals surface area contributed by atoms with Crippen molar-refractivity contribution in [2.24, 2.45) is 16.6 Å². The van der Waals surface area contributed by atoms with E-state index in [4.69, 9.17) is 10.5 Å². The van der Waals surface area contributed by atoms with Crippen LogP contribution in [0.25, 0.3) is 0 Å². The molecule has 3 N–H and O–H groups in total. The zero-order valence-corrected chi connectivity index (χ0v) is 17.4. The lowest BCUT2D eigenvalue weighted by Crippen LogP contribution is -2.40. The number of hydrogen-bond donors (Lipinski definition) is 2. The minimum atomic E-state index is 0.308. The Labute approximate surface area is 170 Å². The number of morpholine rings is 1. The van der Waals surface area contributed by atoms with Gasteiger partial charge in [-0.05, 0) is 50.4 Å². The van der Waals surface area contributed by atoms with Crippen molar-refractivity contribution in [1.82, 2.24) is 15.1 Å². The molecular formula is C22H37N5O. The molecule has 1 aromatic rings. The zero-order valence-electron chi connectivity index (χ0n) is 17.4. The highest BCUT2D eigenvalue weighted by molar-refractivity contribution is 5.77. The molecule has 3 rings (SSSR count). The zero-order chi connectivity index (χ0) is 19.6. The SMILES string of the molecule is CC1CCN(C(CN=C(N)NCCCN2CCOCC2)c2ccccc2)CC1. The van der Waals surface area contributed by atoms with Gasteiger partial charge in [-0.3, -0.25) is 14.8 Å². The van der Waals surface area contributed by atoms with E-state index in [0.29, 0.717) is 18.5 Å². The molecule has 1 aromatic carbocycles. The lowest BCUT2D eigenvalue weighted by Gasteiger charge is -2.36. The molecule has 0 aromatic heterocycles. The van der Waals surface area contributed by atoms with Crippen LogP contribution in [0.5, 0.6) is 0 Å². The molecular weight excluding hydrogens is 350 g/mol. The molecule has 6 nitrogen and oxygen atoms in total. The van der Waals surface area contributed by atoms with Crippen LogP contribution in [-0.4, -0.2) is 74.8 Å². The Balaban J connectivity index is 1.47. The van der Waals surface area contributed by atoms with Crippen LogP contribution >= 0.6 is 0 Å². The van der Waals surface area contributed by atoms with Gasteiger partial charge >= 0.3 is 0 Å². The summed E-state index contributed by atoms with van der Waals surface area (Å²) in [4.78, 5) is 9.71. The molecule has 2 heterocycles. The Bertz CT molecular complexity index is 580. The summed E-state index contributed by atoms with van der Waals surface area (Å²) in [5, 5.41) is 3.29. The summed E-state index contributed by atoms with van der Waals surface area (Å²) < 4.78 is 5.39. The van der Waals surface area contributed by atoms with Gasteiger partial charge in [-0.2, -0.15) is 0 Å². The Morgan fingerprint density at radius 2 is 1.89 bits per heavy atom. The van der Waals surface area contributed by atoms with Gasteiger partial charge in [0.05, 0.1) is 25.8 Å². The largest absolute Gasteiger partial charge is 0.379 e. The number of aliphatic imine (C=N–C) groups is 1. The van der Waals surface area contributed by atoms with Crippen LogP contribution in [0.4, 0.5) is 0 Å². The van der Waals surface area contributed by atoms with Crippen LogP contribution in [0.1, 0.15) is 37.8 Å². The van der Waals surface area contributed by atoms with Gasteiger partial charge in [0.25, 0.3) is 0 Å². The highest BCUT2D eigenvalue weighted by Crippen LogP contribution is 2.27. The first kappa shape index (κ1) is 21.1. The standard InChI is InChI=1S/C22H37N5O/c1-19-8-12-27(13-9-19)21(20-6-3-2-4-7-20)18-25-22(23)24-10-5-11-26-14-16-28-17-15-26/h2-4,6-7,19,21H,5,8-18H2,1H3,(H3,23,24,25). The quantitative estimate of drug-likeness (QED) is 0.406. The van der Waals surface area contributed by atoms with Crippen LogP contribution in [0, 0.1) is 5.92 Å². The maximum atomic E-state index is 6.16. The van der Waals surface area contributed by atoms with Crippen LogP contribution in [0.15, 0.2) is 35.3 Å². The average molecular weight is 388 g/mol. The third-order valence-corrected chi connectivity index (χ3v) is 5.94. The maximum absolute atomic E-state index is 6.16. The van der Waals surface area contributed by atoms with Gasteiger partial charge in [-0.1, -0.05) is 37.3 Å². The number of nitrogens with zero attached hydrogens (tertiary/aromatic N) is 3. The predicted octanol–water partition coefficient (Wildman–Crippen LogP) is 2.09. The highest BCUT2D eigenvalue weighted by atomic mass is 16.5.